The number of nitrogens with zero attached hydrogens (tertiary/aromatic N) is 3. The Kier molecular flexibility index (Phi) is 5.14. The van der Waals surface area contributed by atoms with E-state index in [9.17, 15) is 4.39 Å². The molecule has 2 aromatic rings. The first kappa shape index (κ1) is 15.7. The summed E-state index contributed by atoms with van der Waals surface area (Å²) >= 11 is 11.1. The van der Waals surface area contributed by atoms with Gasteiger partial charge in [-0.3, -0.25) is 4.68 Å². The standard InChI is InChI=1S/C14H16ClFN4S/c1-3-20-11(6-7-17-20)9-19(2)14(21)18-10-4-5-13(16)12(15)8-10/h4-8H,3,9H2,1-2H3,(H,18,21). The Bertz CT molecular complexity index is 644. The van der Waals surface area contributed by atoms with Crippen LogP contribution in [0.15, 0.2) is 30.5 Å². The van der Waals surface area contributed by atoms with E-state index in [1.165, 1.54) is 12.1 Å². The van der Waals surface area contributed by atoms with E-state index in [0.717, 1.165) is 12.2 Å². The number of aromatic nitrogens is 2. The topological polar surface area (TPSA) is 33.1 Å². The van der Waals surface area contributed by atoms with Gasteiger partial charge in [0.15, 0.2) is 5.11 Å². The summed E-state index contributed by atoms with van der Waals surface area (Å²) in [4.78, 5) is 1.88. The number of halogens is 2. The minimum absolute atomic E-state index is 0.0644. The third-order valence-electron chi connectivity index (χ3n) is 3.02. The van der Waals surface area contributed by atoms with E-state index in [-0.39, 0.29) is 5.02 Å². The molecule has 0 saturated carbocycles. The molecule has 1 aromatic heterocycles. The zero-order valence-electron chi connectivity index (χ0n) is 11.8. The van der Waals surface area contributed by atoms with Crippen LogP contribution >= 0.6 is 23.8 Å². The molecule has 0 aliphatic rings. The number of thiocarbonyl (C=S) groups is 1. The molecule has 112 valence electrons. The molecule has 0 spiro atoms. The van der Waals surface area contributed by atoms with Gasteiger partial charge in [0.1, 0.15) is 5.82 Å². The van der Waals surface area contributed by atoms with Gasteiger partial charge in [-0.15, -0.1) is 0 Å². The summed E-state index contributed by atoms with van der Waals surface area (Å²) in [7, 11) is 1.88. The molecule has 21 heavy (non-hydrogen) atoms. The van der Waals surface area contributed by atoms with Crippen molar-refractivity contribution in [3.05, 3.63) is 47.0 Å². The number of aryl methyl sites for hydroxylation is 1. The van der Waals surface area contributed by atoms with Gasteiger partial charge in [0.05, 0.1) is 17.3 Å². The molecule has 0 unspecified atom stereocenters. The molecule has 0 bridgehead atoms. The lowest BCUT2D eigenvalue weighted by atomic mass is 10.3. The molecular weight excluding hydrogens is 311 g/mol. The summed E-state index contributed by atoms with van der Waals surface area (Å²) in [5.41, 5.74) is 1.73. The van der Waals surface area contributed by atoms with E-state index in [2.05, 4.69) is 10.4 Å². The highest BCUT2D eigenvalue weighted by molar-refractivity contribution is 7.80. The van der Waals surface area contributed by atoms with Gasteiger partial charge >= 0.3 is 0 Å². The normalized spacial score (nSPS) is 10.5. The predicted molar refractivity (Wildman–Crippen MR) is 87.0 cm³/mol. The van der Waals surface area contributed by atoms with Crippen LogP contribution in [-0.4, -0.2) is 26.8 Å². The highest BCUT2D eigenvalue weighted by atomic mass is 35.5. The van der Waals surface area contributed by atoms with E-state index >= 15 is 0 Å². The van der Waals surface area contributed by atoms with Gasteiger partial charge in [-0.25, -0.2) is 4.39 Å². The lowest BCUT2D eigenvalue weighted by Gasteiger charge is -2.21. The molecule has 1 aromatic carbocycles. The first-order chi connectivity index (χ1) is 10.0. The van der Waals surface area contributed by atoms with E-state index in [1.807, 2.05) is 29.6 Å². The van der Waals surface area contributed by atoms with E-state index in [0.29, 0.717) is 17.3 Å². The van der Waals surface area contributed by atoms with Crippen molar-refractivity contribution in [1.82, 2.24) is 14.7 Å². The zero-order valence-corrected chi connectivity index (χ0v) is 13.4. The van der Waals surface area contributed by atoms with Crippen LogP contribution < -0.4 is 5.32 Å². The van der Waals surface area contributed by atoms with Crippen molar-refractivity contribution in [3.8, 4) is 0 Å². The van der Waals surface area contributed by atoms with Crippen LogP contribution in [0.2, 0.25) is 5.02 Å². The van der Waals surface area contributed by atoms with Gasteiger partial charge in [0.2, 0.25) is 0 Å². The van der Waals surface area contributed by atoms with Crippen molar-refractivity contribution in [2.75, 3.05) is 12.4 Å². The number of nitrogens with one attached hydrogen (secondary N) is 1. The summed E-state index contributed by atoms with van der Waals surface area (Å²) in [6, 6.07) is 6.36. The maximum Gasteiger partial charge on any atom is 0.173 e. The second-order valence-corrected chi connectivity index (χ2v) is 5.35. The molecule has 1 N–H and O–H groups in total. The Morgan fingerprint density at radius 1 is 1.48 bits per heavy atom. The maximum absolute atomic E-state index is 13.1. The number of hydrogen-bond acceptors (Lipinski definition) is 2. The molecule has 4 nitrogen and oxygen atoms in total. The smallest absolute Gasteiger partial charge is 0.173 e. The monoisotopic (exact) mass is 326 g/mol. The fourth-order valence-corrected chi connectivity index (χ4v) is 2.25. The minimum atomic E-state index is -0.451. The van der Waals surface area contributed by atoms with Crippen LogP contribution in [-0.2, 0) is 13.1 Å². The number of rotatable bonds is 4. The predicted octanol–water partition coefficient (Wildman–Crippen LogP) is 3.52. The van der Waals surface area contributed by atoms with Crippen molar-refractivity contribution in [3.63, 3.8) is 0 Å². The van der Waals surface area contributed by atoms with Crippen molar-refractivity contribution in [1.29, 1.82) is 0 Å². The molecular formula is C14H16ClFN4S. The summed E-state index contributed by atoms with van der Waals surface area (Å²) < 4.78 is 15.0. The quantitative estimate of drug-likeness (QED) is 0.871. The van der Waals surface area contributed by atoms with Crippen molar-refractivity contribution < 1.29 is 4.39 Å². The van der Waals surface area contributed by atoms with Gasteiger partial charge < -0.3 is 10.2 Å². The number of anilines is 1. The van der Waals surface area contributed by atoms with Crippen molar-refractivity contribution in [2.24, 2.45) is 0 Å². The summed E-state index contributed by atoms with van der Waals surface area (Å²) in [6.07, 6.45) is 1.77. The molecule has 1 heterocycles. The largest absolute Gasteiger partial charge is 0.346 e. The van der Waals surface area contributed by atoms with Crippen LogP contribution in [0.4, 0.5) is 10.1 Å². The Morgan fingerprint density at radius 3 is 2.90 bits per heavy atom. The molecule has 0 radical (unpaired) electrons. The maximum atomic E-state index is 13.1. The van der Waals surface area contributed by atoms with Crippen LogP contribution in [0.5, 0.6) is 0 Å². The van der Waals surface area contributed by atoms with E-state index < -0.39 is 5.82 Å². The minimum Gasteiger partial charge on any atom is -0.346 e. The Balaban J connectivity index is 2.01. The highest BCUT2D eigenvalue weighted by Gasteiger charge is 2.09. The lowest BCUT2D eigenvalue weighted by Crippen LogP contribution is -2.31. The van der Waals surface area contributed by atoms with Gasteiger partial charge in [-0.05, 0) is 43.4 Å². The van der Waals surface area contributed by atoms with Crippen molar-refractivity contribution >= 4 is 34.6 Å². The van der Waals surface area contributed by atoms with Gasteiger partial charge in [0.25, 0.3) is 0 Å². The second-order valence-electron chi connectivity index (χ2n) is 4.55. The molecule has 2 rings (SSSR count). The number of benzene rings is 1. The summed E-state index contributed by atoms with van der Waals surface area (Å²) in [5.74, 6) is -0.451. The van der Waals surface area contributed by atoms with Crippen LogP contribution in [0, 0.1) is 5.82 Å². The van der Waals surface area contributed by atoms with Gasteiger partial charge in [-0.1, -0.05) is 11.6 Å². The summed E-state index contributed by atoms with van der Waals surface area (Å²) in [6.45, 7) is 3.48. The second kappa shape index (κ2) is 6.87. The average Bonchev–Trinajstić information content (AvgIpc) is 2.90. The van der Waals surface area contributed by atoms with Crippen molar-refractivity contribution in [2.45, 2.75) is 20.0 Å². The number of hydrogen-bond donors (Lipinski definition) is 1. The van der Waals surface area contributed by atoms with Crippen LogP contribution in [0.25, 0.3) is 0 Å². The van der Waals surface area contributed by atoms with E-state index in [1.54, 1.807) is 12.3 Å². The SMILES string of the molecule is CCn1nccc1CN(C)C(=S)Nc1ccc(F)c(Cl)c1. The van der Waals surface area contributed by atoms with E-state index in [4.69, 9.17) is 23.8 Å². The molecule has 0 aliphatic carbocycles. The Hall–Kier alpha value is -1.66. The third-order valence-corrected chi connectivity index (χ3v) is 3.72. The Morgan fingerprint density at radius 2 is 2.24 bits per heavy atom. The molecule has 7 heteroatoms. The van der Waals surface area contributed by atoms with Gasteiger partial charge in [-0.2, -0.15) is 5.10 Å². The summed E-state index contributed by atoms with van der Waals surface area (Å²) in [5, 5.41) is 7.85. The van der Waals surface area contributed by atoms with Gasteiger partial charge in [0, 0.05) is 25.5 Å². The van der Waals surface area contributed by atoms with Crippen LogP contribution in [0.3, 0.4) is 0 Å². The molecule has 0 atom stereocenters. The first-order valence-electron chi connectivity index (χ1n) is 6.49. The molecule has 0 fully saturated rings. The van der Waals surface area contributed by atoms with Crippen LogP contribution in [0.1, 0.15) is 12.6 Å². The first-order valence-corrected chi connectivity index (χ1v) is 7.27. The fourth-order valence-electron chi connectivity index (χ4n) is 1.89. The zero-order chi connectivity index (χ0) is 15.4. The average molecular weight is 327 g/mol. The Labute approximate surface area is 133 Å². The lowest BCUT2D eigenvalue weighted by molar-refractivity contribution is 0.471. The highest BCUT2D eigenvalue weighted by Crippen LogP contribution is 2.19. The molecule has 0 aliphatic heterocycles. The third kappa shape index (κ3) is 3.92. The molecule has 0 amide bonds. The molecule has 0 saturated heterocycles. The fraction of sp³-hybridized carbons (Fsp3) is 0.286.